The lowest BCUT2D eigenvalue weighted by Crippen LogP contribution is -2.35. The second-order valence-electron chi connectivity index (χ2n) is 6.23. The van der Waals surface area contributed by atoms with Crippen LogP contribution < -0.4 is 5.73 Å². The molecule has 2 aliphatic heterocycles. The van der Waals surface area contributed by atoms with E-state index in [4.69, 9.17) is 10.5 Å². The van der Waals surface area contributed by atoms with Gasteiger partial charge in [0.25, 0.3) is 5.91 Å². The van der Waals surface area contributed by atoms with Crippen LogP contribution in [0.4, 0.5) is 0 Å². The minimum absolute atomic E-state index is 0.139. The zero-order valence-electron chi connectivity index (χ0n) is 13.0. The second-order valence-corrected chi connectivity index (χ2v) is 6.23. The molecule has 22 heavy (non-hydrogen) atoms. The van der Waals surface area contributed by atoms with Crippen LogP contribution in [0.15, 0.2) is 24.3 Å². The van der Waals surface area contributed by atoms with Crippen LogP contribution in [0.5, 0.6) is 0 Å². The van der Waals surface area contributed by atoms with E-state index in [9.17, 15) is 4.79 Å². The third kappa shape index (κ3) is 3.66. The monoisotopic (exact) mass is 303 g/mol. The van der Waals surface area contributed by atoms with Gasteiger partial charge in [-0.05, 0) is 36.6 Å². The van der Waals surface area contributed by atoms with E-state index in [1.165, 1.54) is 5.56 Å². The molecule has 0 saturated carbocycles. The van der Waals surface area contributed by atoms with Crippen molar-refractivity contribution in [3.63, 3.8) is 0 Å². The predicted octanol–water partition coefficient (Wildman–Crippen LogP) is 0.940. The second kappa shape index (κ2) is 7.22. The molecule has 5 heteroatoms. The molecule has 1 amide bonds. The Morgan fingerprint density at radius 3 is 2.82 bits per heavy atom. The van der Waals surface area contributed by atoms with Gasteiger partial charge in [-0.3, -0.25) is 9.69 Å². The maximum atomic E-state index is 12.6. The largest absolute Gasteiger partial charge is 0.379 e. The Kier molecular flexibility index (Phi) is 5.08. The molecule has 1 atom stereocenters. The Bertz CT molecular complexity index is 514. The molecule has 1 aromatic carbocycles. The average Bonchev–Trinajstić information content (AvgIpc) is 3.04. The summed E-state index contributed by atoms with van der Waals surface area (Å²) in [7, 11) is 0. The molecule has 5 nitrogen and oxygen atoms in total. The maximum absolute atomic E-state index is 12.6. The van der Waals surface area contributed by atoms with Gasteiger partial charge in [-0.1, -0.05) is 12.1 Å². The van der Waals surface area contributed by atoms with Crippen molar-refractivity contribution < 1.29 is 9.53 Å². The van der Waals surface area contributed by atoms with Gasteiger partial charge in [-0.2, -0.15) is 0 Å². The number of nitrogens with zero attached hydrogens (tertiary/aromatic N) is 2. The van der Waals surface area contributed by atoms with Crippen LogP contribution >= 0.6 is 0 Å². The number of ether oxygens (including phenoxy) is 1. The molecule has 2 saturated heterocycles. The Morgan fingerprint density at radius 2 is 2.09 bits per heavy atom. The van der Waals surface area contributed by atoms with E-state index < -0.39 is 0 Å². The number of hydrogen-bond acceptors (Lipinski definition) is 4. The molecule has 1 aromatic rings. The van der Waals surface area contributed by atoms with Crippen LogP contribution in [0.25, 0.3) is 0 Å². The Morgan fingerprint density at radius 1 is 1.27 bits per heavy atom. The van der Waals surface area contributed by atoms with E-state index >= 15 is 0 Å². The Balaban J connectivity index is 1.64. The van der Waals surface area contributed by atoms with Crippen molar-refractivity contribution in [2.45, 2.75) is 13.0 Å². The van der Waals surface area contributed by atoms with Crippen molar-refractivity contribution in [3.05, 3.63) is 35.4 Å². The number of amides is 1. The van der Waals surface area contributed by atoms with Gasteiger partial charge in [0.05, 0.1) is 13.2 Å². The first-order valence-electron chi connectivity index (χ1n) is 8.14. The van der Waals surface area contributed by atoms with E-state index in [-0.39, 0.29) is 5.91 Å². The minimum atomic E-state index is 0.139. The van der Waals surface area contributed by atoms with Gasteiger partial charge in [0, 0.05) is 38.3 Å². The predicted molar refractivity (Wildman–Crippen MR) is 85.6 cm³/mol. The molecule has 2 aliphatic rings. The normalized spacial score (nSPS) is 23.0. The van der Waals surface area contributed by atoms with Crippen LogP contribution in [0, 0.1) is 5.92 Å². The number of carbonyl (C=O) groups excluding carboxylic acids is 1. The standard InChI is InChI=1S/C17H25N3O2/c18-11-15-4-5-20(13-15)17(21)16-3-1-2-14(10-16)12-19-6-8-22-9-7-19/h1-3,10,15H,4-9,11-13,18H2. The zero-order valence-corrected chi connectivity index (χ0v) is 13.0. The van der Waals surface area contributed by atoms with Gasteiger partial charge in [0.15, 0.2) is 0 Å². The molecule has 0 radical (unpaired) electrons. The Labute approximate surface area is 132 Å². The molecule has 2 heterocycles. The molecular weight excluding hydrogens is 278 g/mol. The van der Waals surface area contributed by atoms with Gasteiger partial charge >= 0.3 is 0 Å². The van der Waals surface area contributed by atoms with Gasteiger partial charge in [-0.15, -0.1) is 0 Å². The van der Waals surface area contributed by atoms with Crippen LogP contribution in [-0.4, -0.2) is 61.6 Å². The van der Waals surface area contributed by atoms with Crippen molar-refractivity contribution in [2.24, 2.45) is 11.7 Å². The SMILES string of the molecule is NCC1CCN(C(=O)c2cccc(CN3CCOCC3)c2)C1. The quantitative estimate of drug-likeness (QED) is 0.899. The number of likely N-dealkylation sites (tertiary alicyclic amines) is 1. The van der Waals surface area contributed by atoms with Crippen molar-refractivity contribution in [1.29, 1.82) is 0 Å². The first kappa shape index (κ1) is 15.5. The smallest absolute Gasteiger partial charge is 0.253 e. The zero-order chi connectivity index (χ0) is 15.4. The molecule has 2 N–H and O–H groups in total. The van der Waals surface area contributed by atoms with Crippen molar-refractivity contribution >= 4 is 5.91 Å². The lowest BCUT2D eigenvalue weighted by molar-refractivity contribution is 0.0341. The summed E-state index contributed by atoms with van der Waals surface area (Å²) in [6.07, 6.45) is 1.02. The van der Waals surface area contributed by atoms with Crippen LogP contribution in [-0.2, 0) is 11.3 Å². The number of hydrogen-bond donors (Lipinski definition) is 1. The van der Waals surface area contributed by atoms with Gasteiger partial charge in [-0.25, -0.2) is 0 Å². The van der Waals surface area contributed by atoms with Gasteiger partial charge in [0.2, 0.25) is 0 Å². The number of rotatable bonds is 4. The van der Waals surface area contributed by atoms with E-state index in [2.05, 4.69) is 11.0 Å². The molecule has 120 valence electrons. The van der Waals surface area contributed by atoms with E-state index in [0.717, 1.165) is 57.9 Å². The number of benzene rings is 1. The average molecular weight is 303 g/mol. The highest BCUT2D eigenvalue weighted by Crippen LogP contribution is 2.19. The third-order valence-electron chi connectivity index (χ3n) is 4.59. The molecule has 1 unspecified atom stereocenters. The highest BCUT2D eigenvalue weighted by Gasteiger charge is 2.26. The molecule has 0 spiro atoms. The van der Waals surface area contributed by atoms with Crippen LogP contribution in [0.2, 0.25) is 0 Å². The fraction of sp³-hybridized carbons (Fsp3) is 0.588. The Hall–Kier alpha value is -1.43. The summed E-state index contributed by atoms with van der Waals surface area (Å²) in [6.45, 7) is 6.69. The lowest BCUT2D eigenvalue weighted by Gasteiger charge is -2.26. The summed E-state index contributed by atoms with van der Waals surface area (Å²) in [5.41, 5.74) is 7.70. The molecule has 3 rings (SSSR count). The first-order valence-corrected chi connectivity index (χ1v) is 8.14. The summed E-state index contributed by atoms with van der Waals surface area (Å²) in [5, 5.41) is 0. The van der Waals surface area contributed by atoms with Crippen molar-refractivity contribution in [1.82, 2.24) is 9.80 Å². The highest BCUT2D eigenvalue weighted by atomic mass is 16.5. The van der Waals surface area contributed by atoms with Crippen molar-refractivity contribution in [2.75, 3.05) is 45.9 Å². The van der Waals surface area contributed by atoms with E-state index in [0.29, 0.717) is 12.5 Å². The fourth-order valence-corrected chi connectivity index (χ4v) is 3.21. The van der Waals surface area contributed by atoms with Gasteiger partial charge < -0.3 is 15.4 Å². The summed E-state index contributed by atoms with van der Waals surface area (Å²) < 4.78 is 5.37. The van der Waals surface area contributed by atoms with Crippen LogP contribution in [0.3, 0.4) is 0 Å². The molecule has 0 aromatic heterocycles. The van der Waals surface area contributed by atoms with E-state index in [1.54, 1.807) is 0 Å². The van der Waals surface area contributed by atoms with Crippen LogP contribution in [0.1, 0.15) is 22.3 Å². The van der Waals surface area contributed by atoms with Crippen molar-refractivity contribution in [3.8, 4) is 0 Å². The fourth-order valence-electron chi connectivity index (χ4n) is 3.21. The first-order chi connectivity index (χ1) is 10.8. The summed E-state index contributed by atoms with van der Waals surface area (Å²) in [5.74, 6) is 0.597. The van der Waals surface area contributed by atoms with E-state index in [1.807, 2.05) is 23.1 Å². The highest BCUT2D eigenvalue weighted by molar-refractivity contribution is 5.94. The lowest BCUT2D eigenvalue weighted by atomic mass is 10.1. The number of carbonyl (C=O) groups is 1. The summed E-state index contributed by atoms with van der Waals surface area (Å²) in [4.78, 5) is 16.9. The topological polar surface area (TPSA) is 58.8 Å². The maximum Gasteiger partial charge on any atom is 0.253 e. The minimum Gasteiger partial charge on any atom is -0.379 e. The summed E-state index contributed by atoms with van der Waals surface area (Å²) in [6, 6.07) is 8.03. The number of nitrogens with two attached hydrogens (primary N) is 1. The molecule has 2 fully saturated rings. The number of morpholine rings is 1. The molecular formula is C17H25N3O2. The molecule has 0 bridgehead atoms. The molecule has 0 aliphatic carbocycles. The van der Waals surface area contributed by atoms with Gasteiger partial charge in [0.1, 0.15) is 0 Å². The third-order valence-corrected chi connectivity index (χ3v) is 4.59. The summed E-state index contributed by atoms with van der Waals surface area (Å²) >= 11 is 0.